The van der Waals surface area contributed by atoms with E-state index in [4.69, 9.17) is 26.9 Å². The van der Waals surface area contributed by atoms with Gasteiger partial charge in [0.2, 0.25) is 0 Å². The van der Waals surface area contributed by atoms with E-state index in [1.165, 1.54) is 0 Å². The van der Waals surface area contributed by atoms with Crippen molar-refractivity contribution < 1.29 is 13.8 Å². The van der Waals surface area contributed by atoms with E-state index in [0.29, 0.717) is 60.2 Å². The maximum Gasteiger partial charge on any atom is 0.170 e. The number of benzene rings is 1. The zero-order valence-corrected chi connectivity index (χ0v) is 22.8. The molecule has 0 bridgehead atoms. The van der Waals surface area contributed by atoms with Crippen molar-refractivity contribution in [2.45, 2.75) is 54.3 Å². The number of nitrogens with zero attached hydrogens (tertiary/aromatic N) is 4. The molecule has 2 saturated carbocycles. The van der Waals surface area contributed by atoms with E-state index in [0.717, 1.165) is 29.9 Å². The topological polar surface area (TPSA) is 116 Å². The highest BCUT2D eigenvalue weighted by atomic mass is 32.3. The number of rotatable bonds is 7. The number of thiocarbonyl (C=S) groups is 1. The van der Waals surface area contributed by atoms with Crippen LogP contribution in [0.5, 0.6) is 0 Å². The van der Waals surface area contributed by atoms with Crippen LogP contribution in [0.3, 0.4) is 0 Å². The Balaban J connectivity index is 1.36. The fourth-order valence-corrected chi connectivity index (χ4v) is 7.15. The molecule has 11 heteroatoms. The molecule has 0 radical (unpaired) electrons. The fourth-order valence-electron chi connectivity index (χ4n) is 4.85. The third kappa shape index (κ3) is 4.96. The summed E-state index contributed by atoms with van der Waals surface area (Å²) in [6.45, 7) is 4.04. The molecule has 3 fully saturated rings. The predicted octanol–water partition coefficient (Wildman–Crippen LogP) is 5.01. The number of hydrogen-bond donors (Lipinski definition) is 4. The lowest BCUT2D eigenvalue weighted by Gasteiger charge is -2.41. The first-order chi connectivity index (χ1) is 18.4. The van der Waals surface area contributed by atoms with Gasteiger partial charge >= 0.3 is 0 Å². The molecule has 200 valence electrons. The van der Waals surface area contributed by atoms with Gasteiger partial charge in [-0.05, 0) is 81.2 Å². The van der Waals surface area contributed by atoms with Crippen LogP contribution < -0.4 is 15.5 Å². The molecule has 38 heavy (non-hydrogen) atoms. The van der Waals surface area contributed by atoms with Crippen LogP contribution >= 0.6 is 22.8 Å². The highest BCUT2D eigenvalue weighted by Gasteiger charge is 2.57. The Morgan fingerprint density at radius 3 is 2.50 bits per heavy atom. The fraction of sp³-hybridized carbons (Fsp3) is 0.407. The van der Waals surface area contributed by atoms with E-state index in [-0.39, 0.29) is 6.04 Å². The number of nitrogens with one attached hydrogen (secondary N) is 2. The van der Waals surface area contributed by atoms with E-state index in [1.807, 2.05) is 30.3 Å². The molecule has 0 amide bonds. The summed E-state index contributed by atoms with van der Waals surface area (Å²) in [7, 11) is -3.17. The molecule has 2 aliphatic carbocycles. The molecule has 1 aromatic carbocycles. The lowest BCUT2D eigenvalue weighted by atomic mass is 10.1. The highest BCUT2D eigenvalue weighted by Crippen LogP contribution is 2.75. The van der Waals surface area contributed by atoms with Crippen LogP contribution in [-0.4, -0.2) is 61.0 Å². The Morgan fingerprint density at radius 2 is 1.84 bits per heavy atom. The van der Waals surface area contributed by atoms with Gasteiger partial charge in [-0.2, -0.15) is 10.6 Å². The summed E-state index contributed by atoms with van der Waals surface area (Å²) >= 11 is 5.41. The monoisotopic (exact) mass is 552 g/mol. The van der Waals surface area contributed by atoms with Crippen LogP contribution in [0.1, 0.15) is 38.3 Å². The van der Waals surface area contributed by atoms with E-state index in [9.17, 15) is 9.11 Å². The molecule has 3 heterocycles. The molecule has 1 aliphatic heterocycles. The van der Waals surface area contributed by atoms with Gasteiger partial charge in [0.25, 0.3) is 0 Å². The van der Waals surface area contributed by atoms with Gasteiger partial charge in [0.05, 0.1) is 29.8 Å². The molecular formula is C27H32N6O3S2. The Labute approximate surface area is 229 Å². The van der Waals surface area contributed by atoms with Crippen molar-refractivity contribution in [1.29, 1.82) is 0 Å². The summed E-state index contributed by atoms with van der Waals surface area (Å²) in [5.74, 6) is 1.33. The summed E-state index contributed by atoms with van der Waals surface area (Å²) < 4.78 is 27.8. The van der Waals surface area contributed by atoms with Gasteiger partial charge in [-0.25, -0.2) is 9.97 Å². The first-order valence-corrected chi connectivity index (χ1v) is 14.9. The molecule has 0 unspecified atom stereocenters. The van der Waals surface area contributed by atoms with Gasteiger partial charge in [0.15, 0.2) is 10.9 Å². The molecule has 9 nitrogen and oxygen atoms in total. The zero-order chi connectivity index (χ0) is 26.3. The van der Waals surface area contributed by atoms with Crippen LogP contribution in [-0.2, 0) is 9.48 Å². The van der Waals surface area contributed by atoms with E-state index in [2.05, 4.69) is 27.4 Å². The lowest BCUT2D eigenvalue weighted by Crippen LogP contribution is -2.44. The molecule has 3 aromatic rings. The summed E-state index contributed by atoms with van der Waals surface area (Å²) in [6, 6.07) is 13.8. The molecule has 2 aromatic heterocycles. The number of anilines is 2. The molecule has 4 N–H and O–H groups in total. The minimum absolute atomic E-state index is 0.140. The Bertz CT molecular complexity index is 1320. The maximum absolute atomic E-state index is 11.5. The van der Waals surface area contributed by atoms with Crippen molar-refractivity contribution in [2.75, 3.05) is 30.0 Å². The molecule has 3 aliphatic rings. The van der Waals surface area contributed by atoms with Gasteiger partial charge in [-0.3, -0.25) is 14.1 Å². The minimum Gasteiger partial charge on any atom is -0.377 e. The molecule has 1 atom stereocenters. The van der Waals surface area contributed by atoms with Gasteiger partial charge in [0, 0.05) is 42.3 Å². The number of aromatic nitrogens is 3. The first-order valence-electron chi connectivity index (χ1n) is 13.0. The van der Waals surface area contributed by atoms with Crippen molar-refractivity contribution in [3.05, 3.63) is 60.6 Å². The highest BCUT2D eigenvalue weighted by molar-refractivity contribution is 8.25. The van der Waals surface area contributed by atoms with Crippen molar-refractivity contribution >= 4 is 39.4 Å². The number of ether oxygens (including phenoxy) is 1. The molecular weight excluding hydrogens is 520 g/mol. The molecule has 6 rings (SSSR count). The molecule has 0 spiro atoms. The quantitative estimate of drug-likeness (QED) is 0.298. The normalized spacial score (nSPS) is 21.0. The van der Waals surface area contributed by atoms with Gasteiger partial charge in [-0.1, -0.05) is 0 Å². The average molecular weight is 553 g/mol. The average Bonchev–Trinajstić information content (AvgIpc) is 3.85. The van der Waals surface area contributed by atoms with Gasteiger partial charge < -0.3 is 20.3 Å². The number of hydrogen-bond acceptors (Lipinski definition) is 8. The van der Waals surface area contributed by atoms with E-state index < -0.39 is 15.3 Å². The van der Waals surface area contributed by atoms with Crippen molar-refractivity contribution in [2.24, 2.45) is 0 Å². The van der Waals surface area contributed by atoms with Crippen molar-refractivity contribution in [1.82, 2.24) is 20.3 Å². The standard InChI is InChI=1S/C27H32N6O3S2/c1-18-17-36-15-14-33(18)24-16-23(27(10-11-27)38(34,35)22-8-12-28-13-9-22)31-25(32-24)19-2-4-20(5-3-19)29-26(37)30-21-6-7-21/h2-5,8-9,12-13,16,18,21,34-35H,6-7,10-11,14-15,17H2,1H3,(H2,29,30,37)/t18-/m0/s1. The lowest BCUT2D eigenvalue weighted by molar-refractivity contribution is 0.0985. The Morgan fingerprint density at radius 1 is 1.11 bits per heavy atom. The van der Waals surface area contributed by atoms with E-state index in [1.54, 1.807) is 24.5 Å². The number of morpholine rings is 1. The summed E-state index contributed by atoms with van der Waals surface area (Å²) in [5, 5.41) is 7.14. The third-order valence-electron chi connectivity index (χ3n) is 7.38. The minimum atomic E-state index is -3.17. The predicted molar refractivity (Wildman–Crippen MR) is 154 cm³/mol. The largest absolute Gasteiger partial charge is 0.377 e. The Kier molecular flexibility index (Phi) is 6.73. The van der Waals surface area contributed by atoms with E-state index >= 15 is 0 Å². The second kappa shape index (κ2) is 10.0. The zero-order valence-electron chi connectivity index (χ0n) is 21.2. The van der Waals surface area contributed by atoms with Crippen LogP contribution in [0.2, 0.25) is 0 Å². The second-order valence-corrected chi connectivity index (χ2v) is 13.0. The van der Waals surface area contributed by atoms with Crippen LogP contribution in [0.15, 0.2) is 59.8 Å². The maximum atomic E-state index is 11.5. The SMILES string of the molecule is C[C@H]1COCCN1c1cc(C2(S(O)(O)c3ccncc3)CC2)nc(-c2ccc(NC(=S)NC3CC3)cc2)n1. The summed E-state index contributed by atoms with van der Waals surface area (Å²) in [4.78, 5) is 16.6. The Hall–Kier alpha value is -2.83. The molecule has 1 saturated heterocycles. The number of pyridine rings is 1. The van der Waals surface area contributed by atoms with Crippen LogP contribution in [0, 0.1) is 0 Å². The van der Waals surface area contributed by atoms with Crippen molar-refractivity contribution in [3.8, 4) is 11.4 Å². The van der Waals surface area contributed by atoms with Crippen LogP contribution in [0.4, 0.5) is 11.5 Å². The van der Waals surface area contributed by atoms with Gasteiger partial charge in [-0.15, -0.1) is 0 Å². The summed E-state index contributed by atoms with van der Waals surface area (Å²) in [5.41, 5.74) is 2.39. The third-order valence-corrected chi connectivity index (χ3v) is 10.2. The first kappa shape index (κ1) is 25.4. The second-order valence-electron chi connectivity index (χ2n) is 10.2. The van der Waals surface area contributed by atoms with Crippen molar-refractivity contribution in [3.63, 3.8) is 0 Å². The van der Waals surface area contributed by atoms with Crippen LogP contribution in [0.25, 0.3) is 11.4 Å². The smallest absolute Gasteiger partial charge is 0.170 e. The summed E-state index contributed by atoms with van der Waals surface area (Å²) in [6.07, 6.45) is 6.78. The van der Waals surface area contributed by atoms with Gasteiger partial charge in [0.1, 0.15) is 10.6 Å².